The van der Waals surface area contributed by atoms with E-state index in [-0.39, 0.29) is 12.1 Å². The number of anilines is 1. The number of para-hydroxylation sites is 2. The van der Waals surface area contributed by atoms with Crippen LogP contribution in [0.1, 0.15) is 10.4 Å². The number of fused-ring (bicyclic) bond motifs is 1. The second-order valence-electron chi connectivity index (χ2n) is 4.85. The van der Waals surface area contributed by atoms with Gasteiger partial charge in [-0.15, -0.1) is 0 Å². The minimum atomic E-state index is -1.04. The summed E-state index contributed by atoms with van der Waals surface area (Å²) in [6.45, 7) is -0.198. The van der Waals surface area contributed by atoms with Crippen LogP contribution in [-0.2, 0) is 11.3 Å². The van der Waals surface area contributed by atoms with Crippen LogP contribution in [0.5, 0.6) is 0 Å². The van der Waals surface area contributed by atoms with Gasteiger partial charge in [-0.05, 0) is 36.4 Å². The summed E-state index contributed by atoms with van der Waals surface area (Å²) in [6, 6.07) is 12.6. The van der Waals surface area contributed by atoms with Crippen molar-refractivity contribution < 1.29 is 19.1 Å². The lowest BCUT2D eigenvalue weighted by molar-refractivity contribution is -0.116. The Balaban J connectivity index is 1.77. The molecule has 0 atom stereocenters. The molecule has 0 fully saturated rings. The number of oxazole rings is 1. The maximum atomic E-state index is 12.1. The first-order valence-corrected chi connectivity index (χ1v) is 6.76. The molecule has 0 bridgehead atoms. The average Bonchev–Trinajstić information content (AvgIpc) is 2.84. The van der Waals surface area contributed by atoms with Gasteiger partial charge in [-0.1, -0.05) is 12.1 Å². The number of carboxylic acids is 1. The second kappa shape index (κ2) is 5.80. The first kappa shape index (κ1) is 14.6. The van der Waals surface area contributed by atoms with Gasteiger partial charge in [0.2, 0.25) is 5.91 Å². The normalized spacial score (nSPS) is 10.6. The summed E-state index contributed by atoms with van der Waals surface area (Å²) in [6.07, 6.45) is 0. The number of rotatable bonds is 4. The van der Waals surface area contributed by atoms with E-state index in [0.29, 0.717) is 16.8 Å². The van der Waals surface area contributed by atoms with Gasteiger partial charge in [0.1, 0.15) is 6.54 Å². The molecule has 1 heterocycles. The smallest absolute Gasteiger partial charge is 0.420 e. The number of amides is 1. The van der Waals surface area contributed by atoms with Crippen LogP contribution in [0.15, 0.2) is 57.7 Å². The van der Waals surface area contributed by atoms with Crippen LogP contribution < -0.4 is 11.1 Å². The van der Waals surface area contributed by atoms with Crippen LogP contribution in [0.4, 0.5) is 5.69 Å². The molecule has 2 N–H and O–H groups in total. The van der Waals surface area contributed by atoms with Crippen molar-refractivity contribution >= 4 is 28.7 Å². The molecule has 0 unspecified atom stereocenters. The van der Waals surface area contributed by atoms with E-state index in [1.807, 2.05) is 0 Å². The summed E-state index contributed by atoms with van der Waals surface area (Å²) in [5, 5.41) is 11.4. The lowest BCUT2D eigenvalue weighted by Gasteiger charge is -2.06. The number of nitrogens with one attached hydrogen (secondary N) is 1. The molecule has 1 amide bonds. The highest BCUT2D eigenvalue weighted by Gasteiger charge is 2.12. The van der Waals surface area contributed by atoms with Crippen molar-refractivity contribution in [3.63, 3.8) is 0 Å². The third-order valence-electron chi connectivity index (χ3n) is 3.29. The number of carbonyl (C=O) groups is 2. The molecule has 3 aromatic rings. The van der Waals surface area contributed by atoms with Crippen molar-refractivity contribution in [3.05, 3.63) is 64.6 Å². The first-order chi connectivity index (χ1) is 11.0. The third kappa shape index (κ3) is 2.98. The van der Waals surface area contributed by atoms with Gasteiger partial charge >= 0.3 is 11.7 Å². The summed E-state index contributed by atoms with van der Waals surface area (Å²) in [4.78, 5) is 34.6. The molecule has 2 aromatic carbocycles. The fourth-order valence-corrected chi connectivity index (χ4v) is 2.20. The lowest BCUT2D eigenvalue weighted by Crippen LogP contribution is -2.24. The molecule has 0 spiro atoms. The monoisotopic (exact) mass is 312 g/mol. The highest BCUT2D eigenvalue weighted by atomic mass is 16.4. The van der Waals surface area contributed by atoms with E-state index in [2.05, 4.69) is 5.32 Å². The molecule has 0 saturated carbocycles. The quantitative estimate of drug-likeness (QED) is 0.766. The van der Waals surface area contributed by atoms with E-state index < -0.39 is 17.6 Å². The van der Waals surface area contributed by atoms with Crippen LogP contribution in [0.2, 0.25) is 0 Å². The predicted octanol–water partition coefficient (Wildman–Crippen LogP) is 1.93. The van der Waals surface area contributed by atoms with Gasteiger partial charge in [-0.3, -0.25) is 9.36 Å². The molecule has 0 aliphatic rings. The van der Waals surface area contributed by atoms with E-state index in [0.717, 1.165) is 0 Å². The van der Waals surface area contributed by atoms with Gasteiger partial charge in [0.05, 0.1) is 11.1 Å². The maximum absolute atomic E-state index is 12.1. The van der Waals surface area contributed by atoms with Crippen LogP contribution in [0, 0.1) is 0 Å². The zero-order valence-corrected chi connectivity index (χ0v) is 11.9. The molecule has 0 radical (unpaired) electrons. The molecular weight excluding hydrogens is 300 g/mol. The highest BCUT2D eigenvalue weighted by molar-refractivity contribution is 5.93. The zero-order valence-electron chi connectivity index (χ0n) is 11.9. The van der Waals surface area contributed by atoms with Gasteiger partial charge < -0.3 is 14.8 Å². The maximum Gasteiger partial charge on any atom is 0.420 e. The summed E-state index contributed by atoms with van der Waals surface area (Å²) < 4.78 is 6.29. The standard InChI is InChI=1S/C16H12N2O5/c19-14(17-11-7-5-10(6-8-11)15(20)21)9-18-12-3-1-2-4-13(12)23-16(18)22/h1-8H,9H2,(H,17,19)(H,20,21). The molecule has 1 aromatic heterocycles. The highest BCUT2D eigenvalue weighted by Crippen LogP contribution is 2.13. The topological polar surface area (TPSA) is 102 Å². The molecular formula is C16H12N2O5. The van der Waals surface area contributed by atoms with E-state index in [4.69, 9.17) is 9.52 Å². The first-order valence-electron chi connectivity index (χ1n) is 6.76. The van der Waals surface area contributed by atoms with Crippen molar-refractivity contribution in [2.75, 3.05) is 5.32 Å². The third-order valence-corrected chi connectivity index (χ3v) is 3.29. The number of carbonyl (C=O) groups excluding carboxylic acids is 1. The molecule has 0 saturated heterocycles. The molecule has 0 aliphatic carbocycles. The summed E-state index contributed by atoms with van der Waals surface area (Å²) in [5.74, 6) is -2.07. The van der Waals surface area contributed by atoms with Gasteiger partial charge in [0.25, 0.3) is 0 Å². The molecule has 7 nitrogen and oxygen atoms in total. The van der Waals surface area contributed by atoms with E-state index in [1.54, 1.807) is 24.3 Å². The fraction of sp³-hybridized carbons (Fsp3) is 0.0625. The van der Waals surface area contributed by atoms with Crippen LogP contribution in [-0.4, -0.2) is 21.6 Å². The summed E-state index contributed by atoms with van der Waals surface area (Å²) >= 11 is 0. The van der Waals surface area contributed by atoms with E-state index in [9.17, 15) is 14.4 Å². The lowest BCUT2D eigenvalue weighted by atomic mass is 10.2. The Morgan fingerprint density at radius 3 is 2.48 bits per heavy atom. The van der Waals surface area contributed by atoms with Gasteiger partial charge in [-0.2, -0.15) is 0 Å². The van der Waals surface area contributed by atoms with Crippen molar-refractivity contribution in [1.82, 2.24) is 4.57 Å². The van der Waals surface area contributed by atoms with Crippen LogP contribution in [0.3, 0.4) is 0 Å². The Morgan fingerprint density at radius 1 is 1.09 bits per heavy atom. The Labute approximate surface area is 129 Å². The Bertz CT molecular complexity index is 937. The number of aromatic carboxylic acids is 1. The van der Waals surface area contributed by atoms with Crippen molar-refractivity contribution in [3.8, 4) is 0 Å². The number of hydrogen-bond acceptors (Lipinski definition) is 4. The number of aromatic nitrogens is 1. The fourth-order valence-electron chi connectivity index (χ4n) is 2.20. The number of carboxylic acid groups (broad SMARTS) is 1. The molecule has 23 heavy (non-hydrogen) atoms. The largest absolute Gasteiger partial charge is 0.478 e. The summed E-state index contributed by atoms with van der Waals surface area (Å²) in [5.41, 5.74) is 1.52. The van der Waals surface area contributed by atoms with Crippen molar-refractivity contribution in [2.45, 2.75) is 6.54 Å². The number of hydrogen-bond donors (Lipinski definition) is 2. The van der Waals surface area contributed by atoms with Gasteiger partial charge in [-0.25, -0.2) is 9.59 Å². The zero-order chi connectivity index (χ0) is 16.4. The van der Waals surface area contributed by atoms with Crippen LogP contribution in [0.25, 0.3) is 11.1 Å². The van der Waals surface area contributed by atoms with E-state index >= 15 is 0 Å². The Morgan fingerprint density at radius 2 is 1.78 bits per heavy atom. The molecule has 116 valence electrons. The molecule has 0 aliphatic heterocycles. The Hall–Kier alpha value is -3.35. The van der Waals surface area contributed by atoms with Gasteiger partial charge in [0.15, 0.2) is 5.58 Å². The van der Waals surface area contributed by atoms with E-state index in [1.165, 1.54) is 28.8 Å². The minimum absolute atomic E-state index is 0.125. The average molecular weight is 312 g/mol. The Kier molecular flexibility index (Phi) is 3.68. The van der Waals surface area contributed by atoms with Gasteiger partial charge in [0, 0.05) is 5.69 Å². The van der Waals surface area contributed by atoms with Crippen LogP contribution >= 0.6 is 0 Å². The van der Waals surface area contributed by atoms with Crippen molar-refractivity contribution in [2.24, 2.45) is 0 Å². The summed E-state index contributed by atoms with van der Waals surface area (Å²) in [7, 11) is 0. The number of benzene rings is 2. The molecule has 3 rings (SSSR count). The second-order valence-corrected chi connectivity index (χ2v) is 4.85. The van der Waals surface area contributed by atoms with Crippen molar-refractivity contribution in [1.29, 1.82) is 0 Å². The predicted molar refractivity (Wildman–Crippen MR) is 82.5 cm³/mol. The number of nitrogens with zero attached hydrogens (tertiary/aromatic N) is 1. The minimum Gasteiger partial charge on any atom is -0.478 e. The SMILES string of the molecule is O=C(Cn1c(=O)oc2ccccc21)Nc1ccc(C(=O)O)cc1. The molecule has 7 heteroatoms.